The Kier molecular flexibility index (Phi) is 5.33. The Balaban J connectivity index is 2.19. The van der Waals surface area contributed by atoms with Gasteiger partial charge in [-0.2, -0.15) is 0 Å². The smallest absolute Gasteiger partial charge is 0.254 e. The maximum absolute atomic E-state index is 12.7. The number of nitrogens with zero attached hydrogens (tertiary/aromatic N) is 2. The van der Waals surface area contributed by atoms with E-state index in [1.54, 1.807) is 23.6 Å². The molecule has 0 saturated heterocycles. The molecule has 2 rings (SSSR count). The van der Waals surface area contributed by atoms with Crippen LogP contribution in [-0.2, 0) is 6.54 Å². The number of amides is 1. The molecule has 0 saturated carbocycles. The SMILES string of the molecule is CCNc1cc(C(=O)N(Cc2cccs2)C(C)C)ccn1. The number of pyridine rings is 1. The molecule has 0 aromatic carbocycles. The minimum Gasteiger partial charge on any atom is -0.370 e. The Morgan fingerprint density at radius 3 is 2.86 bits per heavy atom. The van der Waals surface area contributed by atoms with Crippen molar-refractivity contribution in [1.82, 2.24) is 9.88 Å². The van der Waals surface area contributed by atoms with E-state index < -0.39 is 0 Å². The quantitative estimate of drug-likeness (QED) is 0.886. The van der Waals surface area contributed by atoms with Gasteiger partial charge < -0.3 is 10.2 Å². The average Bonchev–Trinajstić information content (AvgIpc) is 2.97. The number of rotatable bonds is 6. The Labute approximate surface area is 129 Å². The van der Waals surface area contributed by atoms with E-state index in [1.165, 1.54) is 4.88 Å². The van der Waals surface area contributed by atoms with Crippen molar-refractivity contribution in [3.8, 4) is 0 Å². The van der Waals surface area contributed by atoms with Gasteiger partial charge in [0, 0.05) is 29.2 Å². The Bertz CT molecular complexity index is 581. The van der Waals surface area contributed by atoms with Gasteiger partial charge in [0.2, 0.25) is 0 Å². The average molecular weight is 303 g/mol. The minimum atomic E-state index is 0.0416. The molecule has 0 atom stereocenters. The summed E-state index contributed by atoms with van der Waals surface area (Å²) in [6, 6.07) is 7.81. The second-order valence-electron chi connectivity index (χ2n) is 5.07. The van der Waals surface area contributed by atoms with Gasteiger partial charge in [-0.05, 0) is 44.4 Å². The maximum Gasteiger partial charge on any atom is 0.254 e. The zero-order valence-corrected chi connectivity index (χ0v) is 13.5. The first-order chi connectivity index (χ1) is 10.1. The van der Waals surface area contributed by atoms with Crippen LogP contribution >= 0.6 is 11.3 Å². The summed E-state index contributed by atoms with van der Waals surface area (Å²) >= 11 is 1.67. The molecule has 5 heteroatoms. The number of carbonyl (C=O) groups excluding carboxylic acids is 1. The van der Waals surface area contributed by atoms with Crippen LogP contribution in [0, 0.1) is 0 Å². The third kappa shape index (κ3) is 4.04. The molecule has 0 spiro atoms. The zero-order chi connectivity index (χ0) is 15.2. The van der Waals surface area contributed by atoms with Crippen LogP contribution in [-0.4, -0.2) is 28.4 Å². The lowest BCUT2D eigenvalue weighted by molar-refractivity contribution is 0.0692. The molecule has 2 aromatic heterocycles. The third-order valence-corrected chi connectivity index (χ3v) is 4.02. The van der Waals surface area contributed by atoms with Crippen molar-refractivity contribution in [2.75, 3.05) is 11.9 Å². The molecule has 1 amide bonds. The van der Waals surface area contributed by atoms with Crippen LogP contribution in [0.25, 0.3) is 0 Å². The second kappa shape index (κ2) is 7.22. The molecule has 0 bridgehead atoms. The van der Waals surface area contributed by atoms with Gasteiger partial charge in [-0.1, -0.05) is 6.07 Å². The molecule has 21 heavy (non-hydrogen) atoms. The molecule has 0 radical (unpaired) electrons. The van der Waals surface area contributed by atoms with Crippen molar-refractivity contribution in [2.45, 2.75) is 33.4 Å². The summed E-state index contributed by atoms with van der Waals surface area (Å²) < 4.78 is 0. The molecule has 2 aromatic rings. The van der Waals surface area contributed by atoms with Crippen molar-refractivity contribution >= 4 is 23.1 Å². The van der Waals surface area contributed by atoms with Gasteiger partial charge in [-0.15, -0.1) is 11.3 Å². The number of hydrogen-bond acceptors (Lipinski definition) is 4. The number of anilines is 1. The first kappa shape index (κ1) is 15.5. The summed E-state index contributed by atoms with van der Waals surface area (Å²) in [5.41, 5.74) is 0.672. The van der Waals surface area contributed by atoms with Crippen LogP contribution < -0.4 is 5.32 Å². The van der Waals surface area contributed by atoms with E-state index in [0.29, 0.717) is 12.1 Å². The van der Waals surface area contributed by atoms with Gasteiger partial charge in [0.1, 0.15) is 5.82 Å². The van der Waals surface area contributed by atoms with E-state index >= 15 is 0 Å². The number of aromatic nitrogens is 1. The summed E-state index contributed by atoms with van der Waals surface area (Å²) in [7, 11) is 0. The molecule has 112 valence electrons. The van der Waals surface area contributed by atoms with Gasteiger partial charge in [0.15, 0.2) is 0 Å². The Hall–Kier alpha value is -1.88. The first-order valence-corrected chi connectivity index (χ1v) is 8.03. The highest BCUT2D eigenvalue weighted by Crippen LogP contribution is 2.17. The minimum absolute atomic E-state index is 0.0416. The molecule has 2 heterocycles. The molecular weight excluding hydrogens is 282 g/mol. The fourth-order valence-electron chi connectivity index (χ4n) is 2.07. The lowest BCUT2D eigenvalue weighted by atomic mass is 10.2. The molecule has 0 unspecified atom stereocenters. The topological polar surface area (TPSA) is 45.2 Å². The van der Waals surface area contributed by atoms with Crippen LogP contribution in [0.4, 0.5) is 5.82 Å². The highest BCUT2D eigenvalue weighted by atomic mass is 32.1. The molecule has 0 aliphatic carbocycles. The fraction of sp³-hybridized carbons (Fsp3) is 0.375. The normalized spacial score (nSPS) is 10.7. The molecule has 0 fully saturated rings. The largest absolute Gasteiger partial charge is 0.370 e. The Morgan fingerprint density at radius 2 is 2.24 bits per heavy atom. The predicted octanol–water partition coefficient (Wildman–Crippen LogP) is 3.63. The summed E-state index contributed by atoms with van der Waals surface area (Å²) in [6.45, 7) is 7.52. The zero-order valence-electron chi connectivity index (χ0n) is 12.7. The van der Waals surface area contributed by atoms with Crippen molar-refractivity contribution in [3.05, 3.63) is 46.3 Å². The van der Waals surface area contributed by atoms with E-state index in [2.05, 4.69) is 16.4 Å². The lowest BCUT2D eigenvalue weighted by Gasteiger charge is -2.26. The van der Waals surface area contributed by atoms with E-state index in [1.807, 2.05) is 43.2 Å². The van der Waals surface area contributed by atoms with Crippen molar-refractivity contribution in [1.29, 1.82) is 0 Å². The molecule has 4 nitrogen and oxygen atoms in total. The monoisotopic (exact) mass is 303 g/mol. The van der Waals surface area contributed by atoms with E-state index in [-0.39, 0.29) is 11.9 Å². The highest BCUT2D eigenvalue weighted by molar-refractivity contribution is 7.09. The number of hydrogen-bond donors (Lipinski definition) is 1. The van der Waals surface area contributed by atoms with Gasteiger partial charge >= 0.3 is 0 Å². The second-order valence-corrected chi connectivity index (χ2v) is 6.10. The third-order valence-electron chi connectivity index (χ3n) is 3.16. The van der Waals surface area contributed by atoms with Crippen LogP contribution in [0.1, 0.15) is 36.0 Å². The van der Waals surface area contributed by atoms with Gasteiger partial charge in [0.05, 0.1) is 6.54 Å². The van der Waals surface area contributed by atoms with Crippen LogP contribution in [0.15, 0.2) is 35.8 Å². The number of thiophene rings is 1. The van der Waals surface area contributed by atoms with Crippen LogP contribution in [0.3, 0.4) is 0 Å². The molecule has 1 N–H and O–H groups in total. The van der Waals surface area contributed by atoms with Gasteiger partial charge in [-0.3, -0.25) is 4.79 Å². The van der Waals surface area contributed by atoms with Crippen LogP contribution in [0.5, 0.6) is 0 Å². The maximum atomic E-state index is 12.7. The van der Waals surface area contributed by atoms with Crippen molar-refractivity contribution in [2.24, 2.45) is 0 Å². The van der Waals surface area contributed by atoms with Gasteiger partial charge in [0.25, 0.3) is 5.91 Å². The van der Waals surface area contributed by atoms with E-state index in [4.69, 9.17) is 0 Å². The molecule has 0 aliphatic heterocycles. The van der Waals surface area contributed by atoms with Crippen LogP contribution in [0.2, 0.25) is 0 Å². The highest BCUT2D eigenvalue weighted by Gasteiger charge is 2.19. The van der Waals surface area contributed by atoms with Gasteiger partial charge in [-0.25, -0.2) is 4.98 Å². The lowest BCUT2D eigenvalue weighted by Crippen LogP contribution is -2.36. The van der Waals surface area contributed by atoms with Crippen molar-refractivity contribution < 1.29 is 4.79 Å². The summed E-state index contributed by atoms with van der Waals surface area (Å²) in [5.74, 6) is 0.781. The first-order valence-electron chi connectivity index (χ1n) is 7.15. The predicted molar refractivity (Wildman–Crippen MR) is 87.7 cm³/mol. The number of carbonyl (C=O) groups is 1. The fourth-order valence-corrected chi connectivity index (χ4v) is 2.77. The van der Waals surface area contributed by atoms with E-state index in [9.17, 15) is 4.79 Å². The Morgan fingerprint density at radius 1 is 1.43 bits per heavy atom. The van der Waals surface area contributed by atoms with E-state index in [0.717, 1.165) is 12.4 Å². The molecule has 0 aliphatic rings. The summed E-state index contributed by atoms with van der Waals surface area (Å²) in [4.78, 5) is 20.0. The summed E-state index contributed by atoms with van der Waals surface area (Å²) in [5, 5.41) is 5.17. The summed E-state index contributed by atoms with van der Waals surface area (Å²) in [6.07, 6.45) is 1.68. The van der Waals surface area contributed by atoms with Crippen molar-refractivity contribution in [3.63, 3.8) is 0 Å². The molecular formula is C16H21N3OS. The standard InChI is InChI=1S/C16H21N3OS/c1-4-17-15-10-13(7-8-18-15)16(20)19(12(2)3)11-14-6-5-9-21-14/h5-10,12H,4,11H2,1-3H3,(H,17,18). The number of nitrogens with one attached hydrogen (secondary N) is 1.